The van der Waals surface area contributed by atoms with Crippen molar-refractivity contribution in [3.63, 3.8) is 0 Å². The van der Waals surface area contributed by atoms with Crippen molar-refractivity contribution in [2.24, 2.45) is 5.92 Å². The van der Waals surface area contributed by atoms with Crippen LogP contribution in [0.4, 0.5) is 0 Å². The smallest absolute Gasteiger partial charge is 0.328 e. The van der Waals surface area contributed by atoms with Crippen LogP contribution in [0.15, 0.2) is 17.5 Å². The molecule has 0 saturated carbocycles. The third-order valence-corrected chi connectivity index (χ3v) is 4.47. The molecule has 5 heteroatoms. The number of rotatable bonds is 4. The molecule has 0 aliphatic carbocycles. The van der Waals surface area contributed by atoms with Crippen molar-refractivity contribution in [1.82, 2.24) is 4.90 Å². The summed E-state index contributed by atoms with van der Waals surface area (Å²) in [7, 11) is 0. The molecule has 1 saturated heterocycles. The molecule has 4 nitrogen and oxygen atoms in total. The molecule has 1 amide bonds. The minimum Gasteiger partial charge on any atom is -0.478 e. The van der Waals surface area contributed by atoms with E-state index in [1.165, 1.54) is 0 Å². The molecule has 20 heavy (non-hydrogen) atoms. The minimum absolute atomic E-state index is 0.227. The summed E-state index contributed by atoms with van der Waals surface area (Å²) in [5.41, 5.74) is 0.878. The van der Waals surface area contributed by atoms with E-state index in [1.54, 1.807) is 17.4 Å². The lowest BCUT2D eigenvalue weighted by Crippen LogP contribution is -2.29. The van der Waals surface area contributed by atoms with Crippen molar-refractivity contribution in [2.75, 3.05) is 6.54 Å². The molecule has 1 fully saturated rings. The molecule has 1 aromatic heterocycles. The second kappa shape index (κ2) is 6.70. The Kier molecular flexibility index (Phi) is 4.95. The highest BCUT2D eigenvalue weighted by Gasteiger charge is 2.20. The van der Waals surface area contributed by atoms with Gasteiger partial charge in [0.2, 0.25) is 5.91 Å². The van der Waals surface area contributed by atoms with Gasteiger partial charge in [0.1, 0.15) is 0 Å². The third kappa shape index (κ3) is 4.20. The van der Waals surface area contributed by atoms with E-state index in [4.69, 9.17) is 5.11 Å². The molecule has 0 bridgehead atoms. The Balaban J connectivity index is 1.99. The SMILES string of the molecule is CC1CCC(=O)N(Cc2cc(C=CC(=O)O)cs2)CC1. The number of amides is 1. The van der Waals surface area contributed by atoms with E-state index in [0.29, 0.717) is 18.9 Å². The normalized spacial score (nSPS) is 20.4. The first-order valence-corrected chi connectivity index (χ1v) is 7.69. The Morgan fingerprint density at radius 2 is 2.35 bits per heavy atom. The summed E-state index contributed by atoms with van der Waals surface area (Å²) in [5, 5.41) is 10.5. The van der Waals surface area contributed by atoms with Crippen LogP contribution in [0, 0.1) is 5.92 Å². The van der Waals surface area contributed by atoms with Gasteiger partial charge >= 0.3 is 5.97 Å². The van der Waals surface area contributed by atoms with E-state index in [1.807, 2.05) is 16.3 Å². The van der Waals surface area contributed by atoms with E-state index < -0.39 is 5.97 Å². The maximum absolute atomic E-state index is 12.0. The predicted octanol–water partition coefficient (Wildman–Crippen LogP) is 2.99. The molecule has 2 rings (SSSR count). The number of carboxylic acids is 1. The van der Waals surface area contributed by atoms with Crippen molar-refractivity contribution in [1.29, 1.82) is 0 Å². The number of carbonyl (C=O) groups excluding carboxylic acids is 1. The lowest BCUT2D eigenvalue weighted by atomic mass is 10.0. The van der Waals surface area contributed by atoms with Crippen molar-refractivity contribution < 1.29 is 14.7 Å². The highest BCUT2D eigenvalue weighted by Crippen LogP contribution is 2.22. The largest absolute Gasteiger partial charge is 0.478 e. The van der Waals surface area contributed by atoms with E-state index in [9.17, 15) is 9.59 Å². The fraction of sp³-hybridized carbons (Fsp3) is 0.467. The molecule has 1 aliphatic heterocycles. The van der Waals surface area contributed by atoms with Crippen molar-refractivity contribution in [3.8, 4) is 0 Å². The summed E-state index contributed by atoms with van der Waals surface area (Å²) >= 11 is 1.57. The fourth-order valence-electron chi connectivity index (χ4n) is 2.26. The van der Waals surface area contributed by atoms with Crippen molar-refractivity contribution in [2.45, 2.75) is 32.7 Å². The van der Waals surface area contributed by atoms with Crippen LogP contribution in [0.5, 0.6) is 0 Å². The van der Waals surface area contributed by atoms with Gasteiger partial charge in [0, 0.05) is 23.9 Å². The standard InChI is InChI=1S/C15H19NO3S/c1-11-2-4-14(17)16(7-6-11)9-13-8-12(10-20-13)3-5-15(18)19/h3,5,8,10-11H,2,4,6-7,9H2,1H3,(H,18,19). The van der Waals surface area contributed by atoms with Gasteiger partial charge in [0.05, 0.1) is 6.54 Å². The van der Waals surface area contributed by atoms with Crippen LogP contribution in [-0.2, 0) is 16.1 Å². The molecule has 1 atom stereocenters. The molecular formula is C15H19NO3S. The quantitative estimate of drug-likeness (QED) is 0.868. The van der Waals surface area contributed by atoms with E-state index in [0.717, 1.165) is 35.9 Å². The van der Waals surface area contributed by atoms with Crippen LogP contribution in [0.2, 0.25) is 0 Å². The summed E-state index contributed by atoms with van der Waals surface area (Å²) in [4.78, 5) is 25.5. The molecule has 0 spiro atoms. The number of thiophene rings is 1. The van der Waals surface area contributed by atoms with E-state index in [-0.39, 0.29) is 5.91 Å². The maximum Gasteiger partial charge on any atom is 0.328 e. The zero-order chi connectivity index (χ0) is 14.5. The third-order valence-electron chi connectivity index (χ3n) is 3.53. The Morgan fingerprint density at radius 1 is 1.55 bits per heavy atom. The molecule has 2 heterocycles. The van der Waals surface area contributed by atoms with Crippen LogP contribution in [0.25, 0.3) is 6.08 Å². The molecule has 0 aromatic carbocycles. The number of hydrogen-bond acceptors (Lipinski definition) is 3. The van der Waals surface area contributed by atoms with Gasteiger partial charge in [0.15, 0.2) is 0 Å². The monoisotopic (exact) mass is 293 g/mol. The zero-order valence-corrected chi connectivity index (χ0v) is 12.4. The highest BCUT2D eigenvalue weighted by molar-refractivity contribution is 7.10. The van der Waals surface area contributed by atoms with Gasteiger partial charge in [-0.3, -0.25) is 4.79 Å². The second-order valence-corrected chi connectivity index (χ2v) is 6.26. The summed E-state index contributed by atoms with van der Waals surface area (Å²) in [6, 6.07) is 1.95. The summed E-state index contributed by atoms with van der Waals surface area (Å²) in [5.74, 6) is -0.110. The van der Waals surface area contributed by atoms with Crippen LogP contribution in [-0.4, -0.2) is 28.4 Å². The highest BCUT2D eigenvalue weighted by atomic mass is 32.1. The van der Waals surface area contributed by atoms with Gasteiger partial charge in [-0.1, -0.05) is 6.92 Å². The fourth-order valence-corrected chi connectivity index (χ4v) is 3.13. The number of hydrogen-bond donors (Lipinski definition) is 1. The first kappa shape index (κ1) is 14.8. The molecule has 0 radical (unpaired) electrons. The second-order valence-electron chi connectivity index (χ2n) is 5.27. The molecule has 1 N–H and O–H groups in total. The van der Waals surface area contributed by atoms with Crippen molar-refractivity contribution >= 4 is 29.3 Å². The van der Waals surface area contributed by atoms with E-state index in [2.05, 4.69) is 6.92 Å². The topological polar surface area (TPSA) is 57.6 Å². The van der Waals surface area contributed by atoms with Gasteiger partial charge < -0.3 is 10.0 Å². The molecule has 1 unspecified atom stereocenters. The minimum atomic E-state index is -0.950. The number of nitrogens with zero attached hydrogens (tertiary/aromatic N) is 1. The summed E-state index contributed by atoms with van der Waals surface area (Å²) in [6.07, 6.45) is 5.38. The lowest BCUT2D eigenvalue weighted by molar-refractivity contribution is -0.132. The summed E-state index contributed by atoms with van der Waals surface area (Å²) in [6.45, 7) is 3.64. The molecule has 108 valence electrons. The summed E-state index contributed by atoms with van der Waals surface area (Å²) < 4.78 is 0. The maximum atomic E-state index is 12.0. The number of carboxylic acid groups (broad SMARTS) is 1. The van der Waals surface area contributed by atoms with Gasteiger partial charge in [-0.25, -0.2) is 4.79 Å². The van der Waals surface area contributed by atoms with Gasteiger partial charge in [-0.05, 0) is 41.8 Å². The molecular weight excluding hydrogens is 274 g/mol. The average molecular weight is 293 g/mol. The Hall–Kier alpha value is -1.62. The first-order chi connectivity index (χ1) is 9.54. The predicted molar refractivity (Wildman–Crippen MR) is 79.4 cm³/mol. The lowest BCUT2D eigenvalue weighted by Gasteiger charge is -2.19. The van der Waals surface area contributed by atoms with Crippen LogP contribution in [0.3, 0.4) is 0 Å². The number of carbonyl (C=O) groups is 2. The van der Waals surface area contributed by atoms with E-state index >= 15 is 0 Å². The van der Waals surface area contributed by atoms with Gasteiger partial charge in [-0.2, -0.15) is 0 Å². The number of aliphatic carboxylic acids is 1. The van der Waals surface area contributed by atoms with Gasteiger partial charge in [-0.15, -0.1) is 11.3 Å². The molecule has 1 aromatic rings. The average Bonchev–Trinajstić information content (AvgIpc) is 2.79. The Morgan fingerprint density at radius 3 is 3.10 bits per heavy atom. The van der Waals surface area contributed by atoms with Gasteiger partial charge in [0.25, 0.3) is 0 Å². The first-order valence-electron chi connectivity index (χ1n) is 6.81. The van der Waals surface area contributed by atoms with Crippen LogP contribution >= 0.6 is 11.3 Å². The Labute approximate surface area is 122 Å². The molecule has 1 aliphatic rings. The zero-order valence-electron chi connectivity index (χ0n) is 11.5. The number of likely N-dealkylation sites (tertiary alicyclic amines) is 1. The Bertz CT molecular complexity index is 521. The van der Waals surface area contributed by atoms with Crippen LogP contribution in [0.1, 0.15) is 36.6 Å². The van der Waals surface area contributed by atoms with Crippen molar-refractivity contribution in [3.05, 3.63) is 28.0 Å². The van der Waals surface area contributed by atoms with Crippen LogP contribution < -0.4 is 0 Å².